The van der Waals surface area contributed by atoms with Crippen LogP contribution >= 0.6 is 0 Å². The van der Waals surface area contributed by atoms with Crippen molar-refractivity contribution in [1.29, 1.82) is 0 Å². The lowest BCUT2D eigenvalue weighted by Crippen LogP contribution is -2.47. The van der Waals surface area contributed by atoms with Crippen LogP contribution in [0, 0.1) is 11.6 Å². The smallest absolute Gasteiger partial charge is 0.257 e. The van der Waals surface area contributed by atoms with Crippen LogP contribution in [-0.2, 0) is 16.0 Å². The number of anilines is 1. The Morgan fingerprint density at radius 1 is 1.00 bits per heavy atom. The van der Waals surface area contributed by atoms with Gasteiger partial charge in [0, 0.05) is 31.3 Å². The second-order valence-corrected chi connectivity index (χ2v) is 7.23. The summed E-state index contributed by atoms with van der Waals surface area (Å²) in [6.45, 7) is 1.03. The summed E-state index contributed by atoms with van der Waals surface area (Å²) >= 11 is 0. The predicted molar refractivity (Wildman–Crippen MR) is 111 cm³/mol. The van der Waals surface area contributed by atoms with Crippen molar-refractivity contribution in [2.75, 3.05) is 24.5 Å². The average molecular weight is 430 g/mol. The number of fused-ring (bicyclic) bond motifs is 1. The minimum atomic E-state index is -0.950. The second-order valence-electron chi connectivity index (χ2n) is 7.23. The van der Waals surface area contributed by atoms with Crippen molar-refractivity contribution in [3.63, 3.8) is 0 Å². The van der Waals surface area contributed by atoms with E-state index in [-0.39, 0.29) is 37.4 Å². The van der Waals surface area contributed by atoms with Crippen molar-refractivity contribution in [2.45, 2.75) is 25.7 Å². The maximum atomic E-state index is 13.6. The first-order valence-corrected chi connectivity index (χ1v) is 10.1. The number of benzene rings is 2. The van der Waals surface area contributed by atoms with Gasteiger partial charge in [-0.25, -0.2) is 8.78 Å². The molecule has 0 unspecified atom stereocenters. The Bertz CT molecular complexity index is 968. The molecule has 31 heavy (non-hydrogen) atoms. The zero-order valence-electron chi connectivity index (χ0n) is 16.9. The summed E-state index contributed by atoms with van der Waals surface area (Å²) in [5.41, 5.74) is 6.71. The van der Waals surface area contributed by atoms with Gasteiger partial charge in [-0.3, -0.25) is 25.2 Å². The third kappa shape index (κ3) is 6.24. The van der Waals surface area contributed by atoms with Gasteiger partial charge < -0.3 is 10.2 Å². The second kappa shape index (κ2) is 10.5. The third-order valence-electron chi connectivity index (χ3n) is 4.92. The van der Waals surface area contributed by atoms with Crippen molar-refractivity contribution in [3.05, 3.63) is 65.2 Å². The molecule has 0 atom stereocenters. The molecule has 0 saturated heterocycles. The zero-order chi connectivity index (χ0) is 22.2. The molecule has 164 valence electrons. The van der Waals surface area contributed by atoms with Crippen molar-refractivity contribution in [3.8, 4) is 0 Å². The van der Waals surface area contributed by atoms with Crippen LogP contribution in [-0.4, -0.2) is 37.4 Å². The van der Waals surface area contributed by atoms with Crippen LogP contribution in [0.25, 0.3) is 0 Å². The minimum absolute atomic E-state index is 0.0546. The Morgan fingerprint density at radius 3 is 2.58 bits per heavy atom. The molecule has 0 aromatic heterocycles. The van der Waals surface area contributed by atoms with Crippen LogP contribution in [0.1, 0.15) is 35.2 Å². The fourth-order valence-corrected chi connectivity index (χ4v) is 3.41. The molecule has 0 fully saturated rings. The first kappa shape index (κ1) is 22.2. The molecule has 3 amide bonds. The molecule has 0 spiro atoms. The SMILES string of the molecule is O=C(CCCNC(=O)c1ccc(F)cc1F)NNC(=O)CN1CCCc2ccccc21. The number of nitrogens with one attached hydrogen (secondary N) is 3. The van der Waals surface area contributed by atoms with E-state index in [1.54, 1.807) is 0 Å². The first-order chi connectivity index (χ1) is 14.9. The number of rotatable bonds is 7. The van der Waals surface area contributed by atoms with E-state index in [9.17, 15) is 23.2 Å². The molecule has 1 heterocycles. The Hall–Kier alpha value is -3.49. The summed E-state index contributed by atoms with van der Waals surface area (Å²) in [7, 11) is 0. The van der Waals surface area contributed by atoms with Crippen LogP contribution in [0.4, 0.5) is 14.5 Å². The molecule has 2 aromatic carbocycles. The van der Waals surface area contributed by atoms with Gasteiger partial charge in [-0.1, -0.05) is 18.2 Å². The first-order valence-electron chi connectivity index (χ1n) is 10.1. The average Bonchev–Trinajstić information content (AvgIpc) is 2.75. The molecule has 1 aliphatic rings. The number of hydrazine groups is 1. The standard InChI is InChI=1S/C22H24F2N4O3/c23-16-9-10-17(18(24)13-16)22(31)25-11-3-8-20(29)26-27-21(30)14-28-12-4-6-15-5-1-2-7-19(15)28/h1-2,5,7,9-10,13H,3-4,6,8,11-12,14H2,(H,25,31)(H,26,29)(H,27,30). The number of amides is 3. The molecule has 1 aliphatic heterocycles. The molecular formula is C22H24F2N4O3. The number of para-hydroxylation sites is 1. The molecule has 3 rings (SSSR count). The number of hydrogen-bond acceptors (Lipinski definition) is 4. The van der Waals surface area contributed by atoms with Gasteiger partial charge in [-0.05, 0) is 43.0 Å². The van der Waals surface area contributed by atoms with E-state index in [0.29, 0.717) is 6.07 Å². The van der Waals surface area contributed by atoms with Crippen molar-refractivity contribution < 1.29 is 23.2 Å². The molecular weight excluding hydrogens is 406 g/mol. The predicted octanol–water partition coefficient (Wildman–Crippen LogP) is 2.08. The zero-order valence-corrected chi connectivity index (χ0v) is 16.9. The Labute approximate surface area is 178 Å². The fourth-order valence-electron chi connectivity index (χ4n) is 3.41. The number of carbonyl (C=O) groups excluding carboxylic acids is 3. The lowest BCUT2D eigenvalue weighted by molar-refractivity contribution is -0.128. The van der Waals surface area contributed by atoms with Gasteiger partial charge in [0.2, 0.25) is 5.91 Å². The fraction of sp³-hybridized carbons (Fsp3) is 0.318. The normalized spacial score (nSPS) is 12.6. The van der Waals surface area contributed by atoms with Gasteiger partial charge in [0.1, 0.15) is 11.6 Å². The highest BCUT2D eigenvalue weighted by Crippen LogP contribution is 2.26. The van der Waals surface area contributed by atoms with Gasteiger partial charge in [0.15, 0.2) is 0 Å². The topological polar surface area (TPSA) is 90.5 Å². The van der Waals surface area contributed by atoms with Crippen molar-refractivity contribution in [1.82, 2.24) is 16.2 Å². The molecule has 9 heteroatoms. The molecule has 0 bridgehead atoms. The molecule has 2 aromatic rings. The Morgan fingerprint density at radius 2 is 1.77 bits per heavy atom. The van der Waals surface area contributed by atoms with E-state index >= 15 is 0 Å². The lowest BCUT2D eigenvalue weighted by atomic mass is 10.0. The van der Waals surface area contributed by atoms with E-state index in [2.05, 4.69) is 16.2 Å². The molecule has 0 radical (unpaired) electrons. The summed E-state index contributed by atoms with van der Waals surface area (Å²) in [5.74, 6) is -3.14. The van der Waals surface area contributed by atoms with Gasteiger partial charge >= 0.3 is 0 Å². The van der Waals surface area contributed by atoms with Crippen LogP contribution in [0.3, 0.4) is 0 Å². The minimum Gasteiger partial charge on any atom is -0.362 e. The molecule has 3 N–H and O–H groups in total. The van der Waals surface area contributed by atoms with E-state index in [0.717, 1.165) is 37.2 Å². The third-order valence-corrected chi connectivity index (χ3v) is 4.92. The number of nitrogens with zero attached hydrogens (tertiary/aromatic N) is 1. The Balaban J connectivity index is 1.34. The van der Waals surface area contributed by atoms with Crippen LogP contribution in [0.5, 0.6) is 0 Å². The summed E-state index contributed by atoms with van der Waals surface area (Å²) < 4.78 is 26.4. The summed E-state index contributed by atoms with van der Waals surface area (Å²) in [6.07, 6.45) is 2.29. The van der Waals surface area contributed by atoms with Gasteiger partial charge in [-0.15, -0.1) is 0 Å². The number of hydrogen-bond donors (Lipinski definition) is 3. The van der Waals surface area contributed by atoms with Crippen molar-refractivity contribution >= 4 is 23.4 Å². The highest BCUT2D eigenvalue weighted by atomic mass is 19.1. The number of halogens is 2. The number of carbonyl (C=O) groups is 3. The van der Waals surface area contributed by atoms with Crippen molar-refractivity contribution in [2.24, 2.45) is 0 Å². The molecule has 0 saturated carbocycles. The maximum Gasteiger partial charge on any atom is 0.257 e. The van der Waals surface area contributed by atoms with E-state index in [1.165, 1.54) is 5.56 Å². The van der Waals surface area contributed by atoms with E-state index in [4.69, 9.17) is 0 Å². The summed E-state index contributed by atoms with van der Waals surface area (Å²) in [4.78, 5) is 37.9. The van der Waals surface area contributed by atoms with Gasteiger partial charge in [0.05, 0.1) is 12.1 Å². The van der Waals surface area contributed by atoms with Crippen LogP contribution < -0.4 is 21.1 Å². The largest absolute Gasteiger partial charge is 0.362 e. The monoisotopic (exact) mass is 430 g/mol. The van der Waals surface area contributed by atoms with Gasteiger partial charge in [0.25, 0.3) is 11.8 Å². The van der Waals surface area contributed by atoms with Crippen LogP contribution in [0.15, 0.2) is 42.5 Å². The number of aryl methyl sites for hydroxylation is 1. The molecule has 0 aliphatic carbocycles. The lowest BCUT2D eigenvalue weighted by Gasteiger charge is -2.30. The quantitative estimate of drug-likeness (QED) is 0.463. The van der Waals surface area contributed by atoms with Gasteiger partial charge in [-0.2, -0.15) is 0 Å². The van der Waals surface area contributed by atoms with E-state index in [1.807, 2.05) is 29.2 Å². The highest BCUT2D eigenvalue weighted by molar-refractivity contribution is 5.94. The highest BCUT2D eigenvalue weighted by Gasteiger charge is 2.19. The van der Waals surface area contributed by atoms with E-state index < -0.39 is 23.4 Å². The molecule has 7 nitrogen and oxygen atoms in total. The summed E-state index contributed by atoms with van der Waals surface area (Å²) in [5, 5.41) is 2.47. The summed E-state index contributed by atoms with van der Waals surface area (Å²) in [6, 6.07) is 10.6. The Kier molecular flexibility index (Phi) is 7.53. The van der Waals surface area contributed by atoms with Crippen LogP contribution in [0.2, 0.25) is 0 Å². The maximum absolute atomic E-state index is 13.6.